The van der Waals surface area contributed by atoms with Crippen molar-refractivity contribution >= 4 is 11.5 Å². The molecule has 0 aromatic carbocycles. The number of aromatic amines is 1. The maximum absolute atomic E-state index is 11.1. The third kappa shape index (κ3) is 1.20. The predicted molar refractivity (Wildman–Crippen MR) is 51.8 cm³/mol. The molecule has 0 unspecified atom stereocenters. The average molecular weight is 207 g/mol. The first kappa shape index (κ1) is 8.42. The summed E-state index contributed by atoms with van der Waals surface area (Å²) in [6.45, 7) is 1.16. The molecule has 7 nitrogen and oxygen atoms in total. The van der Waals surface area contributed by atoms with Gasteiger partial charge in [-0.1, -0.05) is 0 Å². The first-order chi connectivity index (χ1) is 7.24. The van der Waals surface area contributed by atoms with Crippen molar-refractivity contribution in [3.05, 3.63) is 22.9 Å². The topological polar surface area (TPSA) is 86.5 Å². The molecule has 7 heteroatoms. The number of hydrogen-bond donors (Lipinski definition) is 2. The van der Waals surface area contributed by atoms with Crippen molar-refractivity contribution < 1.29 is 5.11 Å². The molecule has 2 N–H and O–H groups in total. The number of aromatic nitrogens is 4. The zero-order valence-electron chi connectivity index (χ0n) is 7.79. The molecule has 0 amide bonds. The molecule has 2 aromatic heterocycles. The fraction of sp³-hybridized carbons (Fsp3) is 0.375. The van der Waals surface area contributed by atoms with Gasteiger partial charge in [0.2, 0.25) is 0 Å². The monoisotopic (exact) mass is 207 g/mol. The van der Waals surface area contributed by atoms with Gasteiger partial charge < -0.3 is 10.0 Å². The number of nitrogens with zero attached hydrogens (tertiary/aromatic N) is 4. The van der Waals surface area contributed by atoms with E-state index in [2.05, 4.69) is 15.2 Å². The Hall–Kier alpha value is -1.89. The van der Waals surface area contributed by atoms with E-state index >= 15 is 0 Å². The second-order valence-corrected chi connectivity index (χ2v) is 3.56. The highest BCUT2D eigenvalue weighted by molar-refractivity contribution is 5.51. The Morgan fingerprint density at radius 2 is 2.33 bits per heavy atom. The van der Waals surface area contributed by atoms with Crippen LogP contribution in [0.15, 0.2) is 17.2 Å². The zero-order chi connectivity index (χ0) is 10.4. The minimum absolute atomic E-state index is 0.274. The van der Waals surface area contributed by atoms with Crippen molar-refractivity contribution in [3.8, 4) is 0 Å². The Bertz CT molecular complexity index is 553. The number of hydrogen-bond acceptors (Lipinski definition) is 5. The van der Waals surface area contributed by atoms with Crippen molar-refractivity contribution in [1.82, 2.24) is 19.6 Å². The highest BCUT2D eigenvalue weighted by atomic mass is 16.3. The van der Waals surface area contributed by atoms with Crippen LogP contribution in [0.5, 0.6) is 0 Å². The zero-order valence-corrected chi connectivity index (χ0v) is 7.79. The smallest absolute Gasteiger partial charge is 0.348 e. The normalized spacial score (nSPS) is 17.0. The maximum atomic E-state index is 11.1. The Kier molecular flexibility index (Phi) is 1.57. The Balaban J connectivity index is 2.03. The van der Waals surface area contributed by atoms with Gasteiger partial charge >= 0.3 is 5.69 Å². The molecule has 1 saturated heterocycles. The van der Waals surface area contributed by atoms with Crippen LogP contribution < -0.4 is 10.6 Å². The van der Waals surface area contributed by atoms with Crippen LogP contribution in [0.2, 0.25) is 0 Å². The summed E-state index contributed by atoms with van der Waals surface area (Å²) in [4.78, 5) is 17.2. The number of rotatable bonds is 1. The van der Waals surface area contributed by atoms with Crippen LogP contribution in [0, 0.1) is 0 Å². The van der Waals surface area contributed by atoms with Crippen LogP contribution in [0.4, 0.5) is 5.82 Å². The highest BCUT2D eigenvalue weighted by Crippen LogP contribution is 2.18. The lowest BCUT2D eigenvalue weighted by Gasteiger charge is -2.36. The van der Waals surface area contributed by atoms with Crippen LogP contribution in [0.1, 0.15) is 0 Å². The fourth-order valence-corrected chi connectivity index (χ4v) is 1.62. The van der Waals surface area contributed by atoms with E-state index in [0.717, 1.165) is 5.82 Å². The van der Waals surface area contributed by atoms with Gasteiger partial charge in [-0.05, 0) is 0 Å². The van der Waals surface area contributed by atoms with Crippen LogP contribution in [0.25, 0.3) is 5.65 Å². The number of fused-ring (bicyclic) bond motifs is 1. The first-order valence-electron chi connectivity index (χ1n) is 4.60. The van der Waals surface area contributed by atoms with Crippen molar-refractivity contribution in [2.24, 2.45) is 0 Å². The molecular formula is C8H9N5O2. The summed E-state index contributed by atoms with van der Waals surface area (Å²) in [5.74, 6) is 0.729. The van der Waals surface area contributed by atoms with Crippen LogP contribution >= 0.6 is 0 Å². The van der Waals surface area contributed by atoms with Gasteiger partial charge in [-0.25, -0.2) is 19.3 Å². The van der Waals surface area contributed by atoms with E-state index in [0.29, 0.717) is 18.7 Å². The van der Waals surface area contributed by atoms with Crippen molar-refractivity contribution in [3.63, 3.8) is 0 Å². The molecule has 1 aliphatic rings. The van der Waals surface area contributed by atoms with E-state index in [-0.39, 0.29) is 11.8 Å². The van der Waals surface area contributed by atoms with E-state index in [1.807, 2.05) is 4.90 Å². The summed E-state index contributed by atoms with van der Waals surface area (Å²) in [5, 5.41) is 15.3. The third-order valence-electron chi connectivity index (χ3n) is 2.48. The summed E-state index contributed by atoms with van der Waals surface area (Å²) in [5.41, 5.74) is 0.235. The number of β-amino-alcohol motifs (C(OH)–C–C–N with tert-alkyl or cyclic N) is 1. The minimum atomic E-state index is -0.298. The number of aliphatic hydroxyl groups is 1. The van der Waals surface area contributed by atoms with Gasteiger partial charge in [0.05, 0.1) is 6.10 Å². The molecule has 3 heterocycles. The Labute approximate surface area is 84.0 Å². The molecule has 0 aliphatic carbocycles. The lowest BCUT2D eigenvalue weighted by atomic mass is 10.2. The molecule has 78 valence electrons. The van der Waals surface area contributed by atoms with E-state index in [1.165, 1.54) is 10.7 Å². The molecule has 0 radical (unpaired) electrons. The first-order valence-corrected chi connectivity index (χ1v) is 4.60. The summed E-state index contributed by atoms with van der Waals surface area (Å²) >= 11 is 0. The lowest BCUT2D eigenvalue weighted by Crippen LogP contribution is -2.51. The fourth-order valence-electron chi connectivity index (χ4n) is 1.62. The van der Waals surface area contributed by atoms with Crippen molar-refractivity contribution in [2.75, 3.05) is 18.0 Å². The third-order valence-corrected chi connectivity index (χ3v) is 2.48. The van der Waals surface area contributed by atoms with Gasteiger partial charge in [0.25, 0.3) is 0 Å². The number of aliphatic hydroxyl groups excluding tert-OH is 1. The summed E-state index contributed by atoms with van der Waals surface area (Å²) in [7, 11) is 0. The quantitative estimate of drug-likeness (QED) is 0.600. The van der Waals surface area contributed by atoms with Gasteiger partial charge in [0.15, 0.2) is 5.65 Å². The molecule has 0 saturated carbocycles. The van der Waals surface area contributed by atoms with Gasteiger partial charge in [0.1, 0.15) is 12.1 Å². The van der Waals surface area contributed by atoms with E-state index in [4.69, 9.17) is 5.11 Å². The average Bonchev–Trinajstić information content (AvgIpc) is 2.55. The van der Waals surface area contributed by atoms with Crippen molar-refractivity contribution in [2.45, 2.75) is 6.10 Å². The van der Waals surface area contributed by atoms with Crippen molar-refractivity contribution in [1.29, 1.82) is 0 Å². The molecule has 2 aromatic rings. The number of anilines is 1. The molecule has 1 aliphatic heterocycles. The lowest BCUT2D eigenvalue weighted by molar-refractivity contribution is 0.141. The van der Waals surface area contributed by atoms with E-state index in [9.17, 15) is 4.79 Å². The van der Waals surface area contributed by atoms with Crippen LogP contribution in [-0.2, 0) is 0 Å². The van der Waals surface area contributed by atoms with Crippen LogP contribution in [0.3, 0.4) is 0 Å². The molecule has 15 heavy (non-hydrogen) atoms. The SMILES string of the molecule is O=c1[nH]nc2cc(N3CC(O)C3)ncn12. The van der Waals surface area contributed by atoms with Gasteiger partial charge in [-0.15, -0.1) is 0 Å². The number of nitrogens with one attached hydrogen (secondary N) is 1. The second kappa shape index (κ2) is 2.80. The number of H-pyrrole nitrogens is 1. The second-order valence-electron chi connectivity index (χ2n) is 3.56. The van der Waals surface area contributed by atoms with Gasteiger partial charge in [0, 0.05) is 19.2 Å². The predicted octanol–water partition coefficient (Wildman–Crippen LogP) is -1.40. The standard InChI is InChI=1S/C8H9N5O2/c14-5-2-12(3-5)6-1-7-10-11-8(15)13(7)4-9-6/h1,4-5,14H,2-3H2,(H,11,15). The molecular weight excluding hydrogens is 198 g/mol. The van der Waals surface area contributed by atoms with Crippen LogP contribution in [-0.4, -0.2) is 43.9 Å². The summed E-state index contributed by atoms with van der Waals surface area (Å²) < 4.78 is 1.33. The highest BCUT2D eigenvalue weighted by Gasteiger charge is 2.25. The Morgan fingerprint density at radius 3 is 3.07 bits per heavy atom. The molecule has 3 rings (SSSR count). The van der Waals surface area contributed by atoms with E-state index < -0.39 is 0 Å². The Morgan fingerprint density at radius 1 is 1.53 bits per heavy atom. The largest absolute Gasteiger partial charge is 0.389 e. The van der Waals surface area contributed by atoms with Gasteiger partial charge in [-0.3, -0.25) is 0 Å². The minimum Gasteiger partial charge on any atom is -0.389 e. The molecule has 0 atom stereocenters. The molecule has 0 spiro atoms. The summed E-state index contributed by atoms with van der Waals surface area (Å²) in [6, 6.07) is 1.71. The van der Waals surface area contributed by atoms with E-state index in [1.54, 1.807) is 6.07 Å². The van der Waals surface area contributed by atoms with Gasteiger partial charge in [-0.2, -0.15) is 5.10 Å². The molecule has 1 fully saturated rings. The summed E-state index contributed by atoms with van der Waals surface area (Å²) in [6.07, 6.45) is 1.16. The maximum Gasteiger partial charge on any atom is 0.348 e. The molecule has 0 bridgehead atoms.